The van der Waals surface area contributed by atoms with Crippen LogP contribution in [0.5, 0.6) is 0 Å². The number of aryl methyl sites for hydroxylation is 1. The minimum Gasteiger partial charge on any atom is -0.330 e. The van der Waals surface area contributed by atoms with Crippen molar-refractivity contribution in [3.8, 4) is 0 Å². The number of hydrogen-bond donors (Lipinski definition) is 2. The fourth-order valence-corrected chi connectivity index (χ4v) is 2.13. The van der Waals surface area contributed by atoms with Gasteiger partial charge in [-0.1, -0.05) is 29.8 Å². The second kappa shape index (κ2) is 7.42. The highest BCUT2D eigenvalue weighted by Gasteiger charge is 2.10. The normalized spacial score (nSPS) is 11.0. The first-order valence-corrected chi connectivity index (χ1v) is 6.24. The summed E-state index contributed by atoms with van der Waals surface area (Å²) in [7, 11) is 0. The molecule has 0 saturated heterocycles. The van der Waals surface area contributed by atoms with E-state index in [2.05, 4.69) is 31.2 Å². The Labute approximate surface area is 99.0 Å². The number of nitrogens with two attached hydrogens (primary N) is 2. The molecule has 0 aromatic heterocycles. The summed E-state index contributed by atoms with van der Waals surface area (Å²) in [6.45, 7) is 3.71. The molecule has 1 aromatic carbocycles. The quantitative estimate of drug-likeness (QED) is 0.742. The minimum atomic E-state index is 0.631. The van der Waals surface area contributed by atoms with E-state index in [0.29, 0.717) is 5.92 Å². The molecule has 1 aromatic rings. The largest absolute Gasteiger partial charge is 0.330 e. The third-order valence-corrected chi connectivity index (χ3v) is 3.03. The second-order valence-corrected chi connectivity index (χ2v) is 4.47. The Bertz CT molecular complexity index is 289. The van der Waals surface area contributed by atoms with Gasteiger partial charge in [0.2, 0.25) is 0 Å². The van der Waals surface area contributed by atoms with Crippen LogP contribution in [0.3, 0.4) is 0 Å². The van der Waals surface area contributed by atoms with Crippen molar-refractivity contribution in [1.82, 2.24) is 0 Å². The van der Waals surface area contributed by atoms with Crippen molar-refractivity contribution in [2.75, 3.05) is 13.1 Å². The second-order valence-electron chi connectivity index (χ2n) is 4.47. The lowest BCUT2D eigenvalue weighted by atomic mass is 9.89. The van der Waals surface area contributed by atoms with Crippen LogP contribution in [0, 0.1) is 6.92 Å². The van der Waals surface area contributed by atoms with Crippen LogP contribution in [0.2, 0.25) is 0 Å². The van der Waals surface area contributed by atoms with E-state index in [0.717, 1.165) is 25.9 Å². The number of rotatable bonds is 7. The summed E-state index contributed by atoms with van der Waals surface area (Å²) in [6.07, 6.45) is 4.56. The highest BCUT2D eigenvalue weighted by molar-refractivity contribution is 5.25. The Hall–Kier alpha value is -0.860. The first-order chi connectivity index (χ1) is 7.77. The molecule has 0 saturated carbocycles. The maximum absolute atomic E-state index is 5.59. The molecule has 0 fully saturated rings. The SMILES string of the molecule is Cc1cccc(C(CCCN)CCCN)c1. The third-order valence-electron chi connectivity index (χ3n) is 3.03. The summed E-state index contributed by atoms with van der Waals surface area (Å²) in [6, 6.07) is 8.80. The van der Waals surface area contributed by atoms with Gasteiger partial charge in [0.25, 0.3) is 0 Å². The van der Waals surface area contributed by atoms with Crippen molar-refractivity contribution in [1.29, 1.82) is 0 Å². The van der Waals surface area contributed by atoms with Gasteiger partial charge in [-0.05, 0) is 57.2 Å². The van der Waals surface area contributed by atoms with Crippen LogP contribution < -0.4 is 11.5 Å². The van der Waals surface area contributed by atoms with Gasteiger partial charge in [-0.25, -0.2) is 0 Å². The fourth-order valence-electron chi connectivity index (χ4n) is 2.13. The van der Waals surface area contributed by atoms with Gasteiger partial charge in [0.15, 0.2) is 0 Å². The average Bonchev–Trinajstić information content (AvgIpc) is 2.29. The highest BCUT2D eigenvalue weighted by atomic mass is 14.5. The molecule has 16 heavy (non-hydrogen) atoms. The predicted octanol–water partition coefficient (Wildman–Crippen LogP) is 2.56. The van der Waals surface area contributed by atoms with Crippen LogP contribution in [0.1, 0.15) is 42.7 Å². The summed E-state index contributed by atoms with van der Waals surface area (Å²) in [4.78, 5) is 0. The molecule has 0 spiro atoms. The van der Waals surface area contributed by atoms with Crippen molar-refractivity contribution in [3.05, 3.63) is 35.4 Å². The van der Waals surface area contributed by atoms with Gasteiger partial charge in [-0.2, -0.15) is 0 Å². The topological polar surface area (TPSA) is 52.0 Å². The van der Waals surface area contributed by atoms with Gasteiger partial charge in [-0.15, -0.1) is 0 Å². The van der Waals surface area contributed by atoms with E-state index in [1.807, 2.05) is 0 Å². The van der Waals surface area contributed by atoms with Gasteiger partial charge < -0.3 is 11.5 Å². The summed E-state index contributed by atoms with van der Waals surface area (Å²) >= 11 is 0. The smallest absolute Gasteiger partial charge is 0.00771 e. The van der Waals surface area contributed by atoms with Crippen LogP contribution in [0.15, 0.2) is 24.3 Å². The molecule has 2 heteroatoms. The van der Waals surface area contributed by atoms with Crippen molar-refractivity contribution >= 4 is 0 Å². The number of benzene rings is 1. The van der Waals surface area contributed by atoms with Crippen LogP contribution in [0.25, 0.3) is 0 Å². The van der Waals surface area contributed by atoms with Gasteiger partial charge in [0.1, 0.15) is 0 Å². The van der Waals surface area contributed by atoms with Crippen LogP contribution in [0.4, 0.5) is 0 Å². The van der Waals surface area contributed by atoms with E-state index >= 15 is 0 Å². The average molecular weight is 220 g/mol. The maximum Gasteiger partial charge on any atom is -0.00771 e. The summed E-state index contributed by atoms with van der Waals surface area (Å²) in [5.41, 5.74) is 14.0. The Morgan fingerprint density at radius 1 is 1.06 bits per heavy atom. The van der Waals surface area contributed by atoms with Crippen LogP contribution >= 0.6 is 0 Å². The lowest BCUT2D eigenvalue weighted by molar-refractivity contribution is 0.540. The molecule has 0 amide bonds. The molecule has 0 aliphatic rings. The molecule has 0 atom stereocenters. The minimum absolute atomic E-state index is 0.631. The lowest BCUT2D eigenvalue weighted by Gasteiger charge is -2.17. The predicted molar refractivity (Wildman–Crippen MR) is 70.5 cm³/mol. The summed E-state index contributed by atoms with van der Waals surface area (Å²) in [5.74, 6) is 0.631. The highest BCUT2D eigenvalue weighted by Crippen LogP contribution is 2.26. The molecule has 0 aliphatic carbocycles. The first-order valence-electron chi connectivity index (χ1n) is 6.24. The molecule has 0 unspecified atom stereocenters. The van der Waals surface area contributed by atoms with Crippen molar-refractivity contribution in [2.24, 2.45) is 11.5 Å². The van der Waals surface area contributed by atoms with E-state index in [-0.39, 0.29) is 0 Å². The zero-order valence-corrected chi connectivity index (χ0v) is 10.3. The molecule has 0 radical (unpaired) electrons. The zero-order chi connectivity index (χ0) is 11.8. The molecule has 0 bridgehead atoms. The third kappa shape index (κ3) is 4.33. The van der Waals surface area contributed by atoms with E-state index in [9.17, 15) is 0 Å². The standard InChI is InChI=1S/C14H24N2/c1-12-5-2-6-14(11-12)13(7-3-9-15)8-4-10-16/h2,5-6,11,13H,3-4,7-10,15-16H2,1H3. The molecule has 0 heterocycles. The Kier molecular flexibility index (Phi) is 6.12. The van der Waals surface area contributed by atoms with E-state index in [1.165, 1.54) is 24.0 Å². The van der Waals surface area contributed by atoms with Crippen molar-refractivity contribution in [3.63, 3.8) is 0 Å². The Balaban J connectivity index is 2.66. The monoisotopic (exact) mass is 220 g/mol. The Morgan fingerprint density at radius 2 is 1.69 bits per heavy atom. The molecule has 4 N–H and O–H groups in total. The van der Waals surface area contributed by atoms with Gasteiger partial charge in [0.05, 0.1) is 0 Å². The molecule has 1 rings (SSSR count). The van der Waals surface area contributed by atoms with E-state index in [4.69, 9.17) is 11.5 Å². The zero-order valence-electron chi connectivity index (χ0n) is 10.3. The van der Waals surface area contributed by atoms with Crippen LogP contribution in [-0.4, -0.2) is 13.1 Å². The summed E-state index contributed by atoms with van der Waals surface area (Å²) in [5, 5.41) is 0. The van der Waals surface area contributed by atoms with Crippen molar-refractivity contribution in [2.45, 2.75) is 38.5 Å². The fraction of sp³-hybridized carbons (Fsp3) is 0.571. The van der Waals surface area contributed by atoms with E-state index < -0.39 is 0 Å². The molecular formula is C14H24N2. The van der Waals surface area contributed by atoms with Crippen molar-refractivity contribution < 1.29 is 0 Å². The maximum atomic E-state index is 5.59. The van der Waals surface area contributed by atoms with Gasteiger partial charge in [-0.3, -0.25) is 0 Å². The molecule has 0 aliphatic heterocycles. The molecule has 90 valence electrons. The lowest BCUT2D eigenvalue weighted by Crippen LogP contribution is -2.07. The number of hydrogen-bond acceptors (Lipinski definition) is 2. The summed E-state index contributed by atoms with van der Waals surface area (Å²) < 4.78 is 0. The van der Waals surface area contributed by atoms with E-state index in [1.54, 1.807) is 0 Å². The Morgan fingerprint density at radius 3 is 2.19 bits per heavy atom. The first kappa shape index (κ1) is 13.2. The molecule has 2 nitrogen and oxygen atoms in total. The van der Waals surface area contributed by atoms with Crippen LogP contribution in [-0.2, 0) is 0 Å². The van der Waals surface area contributed by atoms with Gasteiger partial charge in [0, 0.05) is 0 Å². The molecular weight excluding hydrogens is 196 g/mol. The van der Waals surface area contributed by atoms with Gasteiger partial charge >= 0.3 is 0 Å².